The second-order valence-electron chi connectivity index (χ2n) is 15.4. The van der Waals surface area contributed by atoms with Crippen molar-refractivity contribution in [2.45, 2.75) is 0 Å². The van der Waals surface area contributed by atoms with Crippen molar-refractivity contribution >= 4 is 53.4 Å². The largest absolute Gasteiger partial charge is 0.507 e. The van der Waals surface area contributed by atoms with E-state index < -0.39 is 0 Å². The van der Waals surface area contributed by atoms with E-state index in [4.69, 9.17) is 24.9 Å². The first-order chi connectivity index (χ1) is 31.2. The zero-order chi connectivity index (χ0) is 41.9. The van der Waals surface area contributed by atoms with Crippen molar-refractivity contribution < 1.29 is 5.11 Å². The first-order valence-corrected chi connectivity index (χ1v) is 21.6. The van der Waals surface area contributed by atoms with Gasteiger partial charge in [0, 0.05) is 54.4 Å². The van der Waals surface area contributed by atoms with Crippen LogP contribution in [0.2, 0.25) is 0 Å². The molecule has 63 heavy (non-hydrogen) atoms. The number of aromatic hydroxyl groups is 1. The number of rotatable bonds is 7. The average molecular weight is 827 g/mol. The molecule has 296 valence electrons. The lowest BCUT2D eigenvalue weighted by molar-refractivity contribution is 0.479. The number of para-hydroxylation sites is 3. The van der Waals surface area contributed by atoms with E-state index in [9.17, 15) is 5.11 Å². The summed E-state index contributed by atoms with van der Waals surface area (Å²) in [7, 11) is 0. The summed E-state index contributed by atoms with van der Waals surface area (Å²) in [5.74, 6) is 2.12. The Morgan fingerprint density at radius 2 is 0.921 bits per heavy atom. The van der Waals surface area contributed by atoms with Crippen LogP contribution in [0.4, 0.5) is 0 Å². The third-order valence-electron chi connectivity index (χ3n) is 11.6. The van der Waals surface area contributed by atoms with Gasteiger partial charge in [0.25, 0.3) is 0 Å². The molecule has 1 N–H and O–H groups in total. The molecule has 12 aromatic rings. The van der Waals surface area contributed by atoms with Crippen LogP contribution in [-0.2, 0) is 0 Å². The van der Waals surface area contributed by atoms with Crippen molar-refractivity contribution in [2.75, 3.05) is 0 Å². The molecule has 0 aliphatic rings. The third kappa shape index (κ3) is 6.23. The highest BCUT2D eigenvalue weighted by Gasteiger charge is 2.22. The van der Waals surface area contributed by atoms with Gasteiger partial charge in [0.05, 0.1) is 32.5 Å². The fraction of sp³-hybridized carbons (Fsp3) is 0. The first-order valence-electron chi connectivity index (χ1n) is 20.7. The smallest absolute Gasteiger partial charge is 0.167 e. The Morgan fingerprint density at radius 1 is 0.381 bits per heavy atom. The van der Waals surface area contributed by atoms with E-state index in [0.29, 0.717) is 34.4 Å². The highest BCUT2D eigenvalue weighted by atomic mass is 32.1. The van der Waals surface area contributed by atoms with Crippen molar-refractivity contribution in [1.82, 2.24) is 29.5 Å². The molecule has 12 rings (SSSR count). The number of thiophene rings is 1. The molecule has 0 amide bonds. The van der Waals surface area contributed by atoms with Crippen molar-refractivity contribution in [3.05, 3.63) is 200 Å². The van der Waals surface area contributed by atoms with Crippen LogP contribution in [0.15, 0.2) is 200 Å². The number of hydrogen-bond acceptors (Lipinski definition) is 7. The molecule has 0 spiro atoms. The SMILES string of the molecule is Oc1c(-c2ccc(-c3nc(-c4ccccc4)c4sc5ccccc5c4n3)cc2)cccc1-c1nc(-c2ccccc2)nc(-c2cccc3c2c2ccccc2n3-c2ccccc2)n1. The Morgan fingerprint density at radius 3 is 1.70 bits per heavy atom. The zero-order valence-electron chi connectivity index (χ0n) is 33.6. The van der Waals surface area contributed by atoms with Gasteiger partial charge in [-0.25, -0.2) is 24.9 Å². The summed E-state index contributed by atoms with van der Waals surface area (Å²) in [5.41, 5.74) is 10.7. The molecule has 0 aliphatic heterocycles. The Labute approximate surface area is 366 Å². The lowest BCUT2D eigenvalue weighted by atomic mass is 9.99. The van der Waals surface area contributed by atoms with Gasteiger partial charge < -0.3 is 9.67 Å². The summed E-state index contributed by atoms with van der Waals surface area (Å²) in [6.07, 6.45) is 0. The molecular formula is C55H34N6OS. The summed E-state index contributed by atoms with van der Waals surface area (Å²) in [6.45, 7) is 0. The molecule has 0 aliphatic carbocycles. The van der Waals surface area contributed by atoms with E-state index in [1.54, 1.807) is 11.3 Å². The average Bonchev–Trinajstić information content (AvgIpc) is 3.91. The van der Waals surface area contributed by atoms with Gasteiger partial charge in [0.1, 0.15) is 5.75 Å². The van der Waals surface area contributed by atoms with Crippen molar-refractivity contribution in [3.63, 3.8) is 0 Å². The Balaban J connectivity index is 0.981. The first kappa shape index (κ1) is 36.5. The van der Waals surface area contributed by atoms with Gasteiger partial charge in [-0.05, 0) is 42.0 Å². The van der Waals surface area contributed by atoms with Gasteiger partial charge in [0.15, 0.2) is 23.3 Å². The van der Waals surface area contributed by atoms with E-state index in [1.807, 2.05) is 97.1 Å². The van der Waals surface area contributed by atoms with Crippen molar-refractivity contribution in [2.24, 2.45) is 0 Å². The maximum absolute atomic E-state index is 12.2. The molecule has 4 heterocycles. The predicted octanol–water partition coefficient (Wildman–Crippen LogP) is 13.8. The summed E-state index contributed by atoms with van der Waals surface area (Å²) in [4.78, 5) is 25.6. The highest BCUT2D eigenvalue weighted by molar-refractivity contribution is 7.26. The molecule has 0 atom stereocenters. The zero-order valence-corrected chi connectivity index (χ0v) is 34.4. The maximum atomic E-state index is 12.2. The van der Waals surface area contributed by atoms with Gasteiger partial charge >= 0.3 is 0 Å². The van der Waals surface area contributed by atoms with Gasteiger partial charge in [-0.1, -0.05) is 164 Å². The topological polar surface area (TPSA) is 89.6 Å². The van der Waals surface area contributed by atoms with Gasteiger partial charge in [-0.15, -0.1) is 11.3 Å². The van der Waals surface area contributed by atoms with Gasteiger partial charge in [0.2, 0.25) is 0 Å². The second kappa shape index (κ2) is 15.0. The number of hydrogen-bond donors (Lipinski definition) is 1. The van der Waals surface area contributed by atoms with Crippen molar-refractivity contribution in [3.8, 4) is 79.4 Å². The van der Waals surface area contributed by atoms with Crippen LogP contribution < -0.4 is 0 Å². The molecule has 0 saturated carbocycles. The number of phenolic OH excluding ortho intramolecular Hbond substituents is 1. The fourth-order valence-electron chi connectivity index (χ4n) is 8.66. The van der Waals surface area contributed by atoms with Crippen LogP contribution in [0.1, 0.15) is 0 Å². The minimum Gasteiger partial charge on any atom is -0.507 e. The van der Waals surface area contributed by atoms with Crippen LogP contribution >= 0.6 is 11.3 Å². The fourth-order valence-corrected chi connectivity index (χ4v) is 9.82. The molecule has 0 radical (unpaired) electrons. The van der Waals surface area contributed by atoms with E-state index in [1.165, 1.54) is 4.70 Å². The summed E-state index contributed by atoms with van der Waals surface area (Å²) in [5, 5.41) is 15.4. The quantitative estimate of drug-likeness (QED) is 0.172. The van der Waals surface area contributed by atoms with Crippen LogP contribution in [0.25, 0.3) is 116 Å². The number of phenols is 1. The van der Waals surface area contributed by atoms with Crippen LogP contribution in [0.3, 0.4) is 0 Å². The standard InChI is InChI=1S/C55H34N6OS/c62-50-39(34-30-32-37(33-31-34)52-56-48(35-16-4-1-5-17-35)51-49(57-52)41-23-11-13-29-46(41)63-51)24-14-26-43(50)55-59-53(36-18-6-2-7-19-36)58-54(60-55)42-25-15-28-45-47(42)40-22-10-12-27-44(40)61(45)38-20-8-3-9-21-38/h1-33,62H. The Hall–Kier alpha value is -8.33. The molecule has 7 nitrogen and oxygen atoms in total. The van der Waals surface area contributed by atoms with E-state index in [-0.39, 0.29) is 5.75 Å². The number of nitrogens with zero attached hydrogens (tertiary/aromatic N) is 6. The molecule has 4 aromatic heterocycles. The minimum atomic E-state index is 0.0778. The van der Waals surface area contributed by atoms with E-state index in [0.717, 1.165) is 76.6 Å². The van der Waals surface area contributed by atoms with Crippen LogP contribution in [-0.4, -0.2) is 34.6 Å². The normalized spacial score (nSPS) is 11.6. The molecule has 8 heteroatoms. The predicted molar refractivity (Wildman–Crippen MR) is 257 cm³/mol. The van der Waals surface area contributed by atoms with Gasteiger partial charge in [-0.2, -0.15) is 0 Å². The second-order valence-corrected chi connectivity index (χ2v) is 16.4. The summed E-state index contributed by atoms with van der Waals surface area (Å²) in [6, 6.07) is 67.4. The molecular weight excluding hydrogens is 793 g/mol. The van der Waals surface area contributed by atoms with Gasteiger partial charge in [-0.3, -0.25) is 0 Å². The van der Waals surface area contributed by atoms with Crippen LogP contribution in [0.5, 0.6) is 5.75 Å². The molecule has 8 aromatic carbocycles. The lowest BCUT2D eigenvalue weighted by Crippen LogP contribution is -2.01. The third-order valence-corrected chi connectivity index (χ3v) is 12.8. The summed E-state index contributed by atoms with van der Waals surface area (Å²) < 4.78 is 4.53. The number of benzene rings is 8. The Kier molecular flexibility index (Phi) is 8.69. The molecule has 0 fully saturated rings. The molecule has 0 saturated heterocycles. The minimum absolute atomic E-state index is 0.0778. The monoisotopic (exact) mass is 826 g/mol. The van der Waals surface area contributed by atoms with Crippen LogP contribution in [0, 0.1) is 0 Å². The Bertz CT molecular complexity index is 3680. The highest BCUT2D eigenvalue weighted by Crippen LogP contribution is 2.42. The molecule has 0 unspecified atom stereocenters. The lowest BCUT2D eigenvalue weighted by Gasteiger charge is -2.13. The molecule has 0 bridgehead atoms. The number of fused-ring (bicyclic) bond motifs is 6. The van der Waals surface area contributed by atoms with E-state index in [2.05, 4.69) is 108 Å². The van der Waals surface area contributed by atoms with E-state index >= 15 is 0 Å². The van der Waals surface area contributed by atoms with Crippen molar-refractivity contribution in [1.29, 1.82) is 0 Å². The summed E-state index contributed by atoms with van der Waals surface area (Å²) >= 11 is 1.72. The number of aromatic nitrogens is 6. The maximum Gasteiger partial charge on any atom is 0.167 e.